The number of ether oxygens (including phenoxy) is 1. The molecule has 2 aromatic rings. The Morgan fingerprint density at radius 3 is 2.48 bits per heavy atom. The van der Waals surface area contributed by atoms with Crippen molar-refractivity contribution >= 4 is 40.8 Å². The largest absolute Gasteiger partial charge is 0.495 e. The van der Waals surface area contributed by atoms with Crippen molar-refractivity contribution in [3.63, 3.8) is 0 Å². The summed E-state index contributed by atoms with van der Waals surface area (Å²) in [5, 5.41) is 11.4. The summed E-state index contributed by atoms with van der Waals surface area (Å²) in [6, 6.07) is 9.11. The molecule has 0 bridgehead atoms. The lowest BCUT2D eigenvalue weighted by molar-refractivity contribution is -0.384. The van der Waals surface area contributed by atoms with E-state index in [1.807, 2.05) is 0 Å². The van der Waals surface area contributed by atoms with Gasteiger partial charge in [0.15, 0.2) is 0 Å². The fourth-order valence-corrected chi connectivity index (χ4v) is 2.28. The van der Waals surface area contributed by atoms with E-state index in [1.165, 1.54) is 25.5 Å². The average molecular weight is 325 g/mol. The molecule has 0 aliphatic heterocycles. The van der Waals surface area contributed by atoms with Gasteiger partial charge < -0.3 is 4.74 Å². The molecule has 2 aromatic carbocycles. The molecule has 0 fully saturated rings. The molecule has 21 heavy (non-hydrogen) atoms. The van der Waals surface area contributed by atoms with Crippen LogP contribution in [0.3, 0.4) is 0 Å². The van der Waals surface area contributed by atoms with E-state index in [4.69, 9.17) is 27.9 Å². The first-order valence-electron chi connectivity index (χ1n) is 5.83. The number of methoxy groups -OCH3 is 1. The number of nitro groups is 1. The number of aliphatic imine (C=N–C) groups is 1. The van der Waals surface area contributed by atoms with Crippen LogP contribution in [0.15, 0.2) is 41.4 Å². The van der Waals surface area contributed by atoms with Gasteiger partial charge in [-0.2, -0.15) is 0 Å². The third-order valence-corrected chi connectivity index (χ3v) is 3.15. The standard InChI is InChI=1S/C14H10Cl2N2O3/c1-21-14-9(6-10(15)7-13(14)16)8-17-11-2-4-12(5-3-11)18(19)20/h2-8H,1H3. The van der Waals surface area contributed by atoms with E-state index in [0.29, 0.717) is 27.0 Å². The van der Waals surface area contributed by atoms with Crippen molar-refractivity contribution in [1.29, 1.82) is 0 Å². The van der Waals surface area contributed by atoms with Gasteiger partial charge in [0.05, 0.1) is 22.7 Å². The van der Waals surface area contributed by atoms with Crippen molar-refractivity contribution in [3.8, 4) is 5.75 Å². The third kappa shape index (κ3) is 3.71. The zero-order chi connectivity index (χ0) is 15.4. The van der Waals surface area contributed by atoms with Crippen LogP contribution in [0.4, 0.5) is 11.4 Å². The quantitative estimate of drug-likeness (QED) is 0.466. The predicted octanol–water partition coefficient (Wildman–Crippen LogP) is 4.66. The first-order chi connectivity index (χ1) is 10.0. The van der Waals surface area contributed by atoms with Crippen LogP contribution in [0.1, 0.15) is 5.56 Å². The molecular formula is C14H10Cl2N2O3. The van der Waals surface area contributed by atoms with Crippen LogP contribution in [0.5, 0.6) is 5.75 Å². The Labute approximate surface area is 130 Å². The summed E-state index contributed by atoms with van der Waals surface area (Å²) in [4.78, 5) is 14.3. The summed E-state index contributed by atoms with van der Waals surface area (Å²) in [7, 11) is 1.50. The molecule has 5 nitrogen and oxygen atoms in total. The summed E-state index contributed by atoms with van der Waals surface area (Å²) in [6.45, 7) is 0. The van der Waals surface area contributed by atoms with Crippen LogP contribution < -0.4 is 4.74 Å². The Balaban J connectivity index is 2.31. The van der Waals surface area contributed by atoms with Crippen molar-refractivity contribution in [2.45, 2.75) is 0 Å². The van der Waals surface area contributed by atoms with E-state index in [2.05, 4.69) is 4.99 Å². The molecule has 0 amide bonds. The molecule has 108 valence electrons. The van der Waals surface area contributed by atoms with Gasteiger partial charge in [0.25, 0.3) is 5.69 Å². The molecule has 0 atom stereocenters. The highest BCUT2D eigenvalue weighted by molar-refractivity contribution is 6.36. The lowest BCUT2D eigenvalue weighted by Gasteiger charge is -2.07. The molecule has 0 heterocycles. The van der Waals surface area contributed by atoms with E-state index >= 15 is 0 Å². The van der Waals surface area contributed by atoms with E-state index in [1.54, 1.807) is 24.3 Å². The average Bonchev–Trinajstić information content (AvgIpc) is 2.45. The number of nitro benzene ring substituents is 1. The molecule has 7 heteroatoms. The van der Waals surface area contributed by atoms with Crippen molar-refractivity contribution < 1.29 is 9.66 Å². The normalized spacial score (nSPS) is 10.8. The van der Waals surface area contributed by atoms with Crippen LogP contribution in [0.2, 0.25) is 10.0 Å². The zero-order valence-corrected chi connectivity index (χ0v) is 12.4. The molecule has 0 unspecified atom stereocenters. The molecule has 0 aliphatic carbocycles. The lowest BCUT2D eigenvalue weighted by Crippen LogP contribution is -1.92. The third-order valence-electron chi connectivity index (χ3n) is 2.65. The molecule has 0 aliphatic rings. The summed E-state index contributed by atoms with van der Waals surface area (Å²) in [5.74, 6) is 0.465. The van der Waals surface area contributed by atoms with Gasteiger partial charge in [-0.3, -0.25) is 15.1 Å². The Morgan fingerprint density at radius 2 is 1.90 bits per heavy atom. The van der Waals surface area contributed by atoms with Gasteiger partial charge in [0.2, 0.25) is 0 Å². The summed E-state index contributed by atoms with van der Waals surface area (Å²) in [6.07, 6.45) is 1.54. The van der Waals surface area contributed by atoms with Gasteiger partial charge in [-0.25, -0.2) is 0 Å². The highest BCUT2D eigenvalue weighted by Gasteiger charge is 2.08. The predicted molar refractivity (Wildman–Crippen MR) is 83.4 cm³/mol. The highest BCUT2D eigenvalue weighted by Crippen LogP contribution is 2.31. The maximum absolute atomic E-state index is 10.6. The minimum Gasteiger partial charge on any atom is -0.495 e. The molecular weight excluding hydrogens is 315 g/mol. The van der Waals surface area contributed by atoms with Crippen LogP contribution in [0.25, 0.3) is 0 Å². The molecule has 0 radical (unpaired) electrons. The second-order valence-corrected chi connectivity index (χ2v) is 4.89. The van der Waals surface area contributed by atoms with Gasteiger partial charge >= 0.3 is 0 Å². The second-order valence-electron chi connectivity index (χ2n) is 4.04. The van der Waals surface area contributed by atoms with Gasteiger partial charge in [-0.15, -0.1) is 0 Å². The van der Waals surface area contributed by atoms with E-state index < -0.39 is 4.92 Å². The van der Waals surface area contributed by atoms with Crippen LogP contribution in [-0.2, 0) is 0 Å². The minimum absolute atomic E-state index is 0.0114. The number of non-ortho nitro benzene ring substituents is 1. The summed E-state index contributed by atoms with van der Waals surface area (Å²) >= 11 is 12.0. The van der Waals surface area contributed by atoms with Gasteiger partial charge in [-0.05, 0) is 24.3 Å². The van der Waals surface area contributed by atoms with Gasteiger partial charge in [0.1, 0.15) is 5.75 Å². The fourth-order valence-electron chi connectivity index (χ4n) is 1.70. The van der Waals surface area contributed by atoms with Crippen molar-refractivity contribution in [3.05, 3.63) is 62.1 Å². The number of rotatable bonds is 4. The molecule has 0 aromatic heterocycles. The topological polar surface area (TPSA) is 64.7 Å². The number of hydrogen-bond acceptors (Lipinski definition) is 4. The number of halogens is 2. The summed E-state index contributed by atoms with van der Waals surface area (Å²) < 4.78 is 5.20. The van der Waals surface area contributed by atoms with E-state index in [0.717, 1.165) is 0 Å². The van der Waals surface area contributed by atoms with Gasteiger partial charge in [0, 0.05) is 28.9 Å². The molecule has 0 N–H and O–H groups in total. The second kappa shape index (κ2) is 6.56. The zero-order valence-electron chi connectivity index (χ0n) is 10.9. The van der Waals surface area contributed by atoms with E-state index in [-0.39, 0.29) is 5.69 Å². The smallest absolute Gasteiger partial charge is 0.269 e. The molecule has 2 rings (SSSR count). The van der Waals surface area contributed by atoms with Crippen LogP contribution >= 0.6 is 23.2 Å². The number of benzene rings is 2. The maximum atomic E-state index is 10.6. The first-order valence-corrected chi connectivity index (χ1v) is 6.58. The molecule has 0 saturated carbocycles. The first kappa shape index (κ1) is 15.3. The van der Waals surface area contributed by atoms with E-state index in [9.17, 15) is 10.1 Å². The van der Waals surface area contributed by atoms with Gasteiger partial charge in [-0.1, -0.05) is 23.2 Å². The minimum atomic E-state index is -0.465. The Bertz CT molecular complexity index is 700. The van der Waals surface area contributed by atoms with Crippen molar-refractivity contribution in [2.75, 3.05) is 7.11 Å². The Kier molecular flexibility index (Phi) is 4.77. The van der Waals surface area contributed by atoms with Crippen LogP contribution in [-0.4, -0.2) is 18.2 Å². The number of nitrogens with zero attached hydrogens (tertiary/aromatic N) is 2. The van der Waals surface area contributed by atoms with Crippen molar-refractivity contribution in [1.82, 2.24) is 0 Å². The highest BCUT2D eigenvalue weighted by atomic mass is 35.5. The monoisotopic (exact) mass is 324 g/mol. The fraction of sp³-hybridized carbons (Fsp3) is 0.0714. The lowest BCUT2D eigenvalue weighted by atomic mass is 10.2. The maximum Gasteiger partial charge on any atom is 0.269 e. The molecule has 0 saturated heterocycles. The number of hydrogen-bond donors (Lipinski definition) is 0. The van der Waals surface area contributed by atoms with Crippen molar-refractivity contribution in [2.24, 2.45) is 4.99 Å². The Morgan fingerprint density at radius 1 is 1.24 bits per heavy atom. The SMILES string of the molecule is COc1c(Cl)cc(Cl)cc1C=Nc1ccc([N+](=O)[O-])cc1. The Hall–Kier alpha value is -2.11. The molecule has 0 spiro atoms. The summed E-state index contributed by atoms with van der Waals surface area (Å²) in [5.41, 5.74) is 1.20. The van der Waals surface area contributed by atoms with Crippen LogP contribution in [0, 0.1) is 10.1 Å².